The fourth-order valence-electron chi connectivity index (χ4n) is 2.96. The Balaban J connectivity index is 1.82. The Kier molecular flexibility index (Phi) is 4.80. The molecule has 1 N–H and O–H groups in total. The van der Waals surface area contributed by atoms with Gasteiger partial charge in [-0.15, -0.1) is 0 Å². The van der Waals surface area contributed by atoms with Gasteiger partial charge in [0, 0.05) is 29.1 Å². The lowest BCUT2D eigenvalue weighted by atomic mass is 10.0. The molecule has 2 aromatic carbocycles. The first-order valence-electron chi connectivity index (χ1n) is 8.47. The summed E-state index contributed by atoms with van der Waals surface area (Å²) in [5.41, 5.74) is 5.39. The summed E-state index contributed by atoms with van der Waals surface area (Å²) in [6, 6.07) is 21.3. The lowest BCUT2D eigenvalue weighted by Gasteiger charge is -2.04. The molecule has 0 aliphatic carbocycles. The van der Waals surface area contributed by atoms with Crippen molar-refractivity contribution in [3.63, 3.8) is 0 Å². The summed E-state index contributed by atoms with van der Waals surface area (Å²) in [5, 5.41) is 0. The Bertz CT molecular complexity index is 1110. The molecule has 6 heteroatoms. The second-order valence-corrected chi connectivity index (χ2v) is 7.08. The third-order valence-electron chi connectivity index (χ3n) is 4.26. The van der Waals surface area contributed by atoms with Crippen LogP contribution in [0.25, 0.3) is 33.9 Å². The Morgan fingerprint density at radius 3 is 2.15 bits per heavy atom. The van der Waals surface area contributed by atoms with Gasteiger partial charge >= 0.3 is 0 Å². The van der Waals surface area contributed by atoms with Crippen molar-refractivity contribution < 1.29 is 8.42 Å². The van der Waals surface area contributed by atoms with E-state index in [0.717, 1.165) is 39.5 Å². The van der Waals surface area contributed by atoms with Crippen LogP contribution < -0.4 is 0 Å². The summed E-state index contributed by atoms with van der Waals surface area (Å²) in [6.45, 7) is 0. The van der Waals surface area contributed by atoms with Gasteiger partial charge in [-0.05, 0) is 17.7 Å². The number of aromatic nitrogens is 3. The van der Waals surface area contributed by atoms with Crippen LogP contribution in [-0.4, -0.2) is 23.4 Å². The van der Waals surface area contributed by atoms with Crippen LogP contribution in [0.3, 0.4) is 0 Å². The highest BCUT2D eigenvalue weighted by molar-refractivity contribution is 7.71. The van der Waals surface area contributed by atoms with Crippen LogP contribution in [0.5, 0.6) is 0 Å². The molecule has 0 saturated carbocycles. The number of benzene rings is 2. The average Bonchev–Trinajstić information content (AvgIpc) is 3.15. The van der Waals surface area contributed by atoms with Crippen LogP contribution in [-0.2, 0) is 16.5 Å². The number of imidazole rings is 1. The molecule has 2 aromatic heterocycles. The molecule has 0 bridgehead atoms. The van der Waals surface area contributed by atoms with Crippen LogP contribution in [0.15, 0.2) is 79.1 Å². The molecular weight excluding hydrogens is 358 g/mol. The van der Waals surface area contributed by atoms with E-state index in [1.165, 1.54) is 0 Å². The zero-order chi connectivity index (χ0) is 18.6. The molecule has 4 aromatic rings. The fourth-order valence-corrected chi connectivity index (χ4v) is 3.47. The maximum Gasteiger partial charge on any atom is 0.144 e. The standard InChI is InChI=1S/C21H17N3O2S/c25-27(26)14-15-6-8-16(9-7-15)19-20(17-10-12-22-13-11-17)24-21(23-19)18-4-2-1-3-5-18/h1-13,27H,14H2,(H,23,24). The van der Waals surface area contributed by atoms with Gasteiger partial charge in [0.1, 0.15) is 16.5 Å². The van der Waals surface area contributed by atoms with E-state index in [1.54, 1.807) is 12.4 Å². The zero-order valence-corrected chi connectivity index (χ0v) is 15.3. The first kappa shape index (κ1) is 17.2. The molecule has 0 radical (unpaired) electrons. The second-order valence-electron chi connectivity index (χ2n) is 6.10. The molecule has 134 valence electrons. The Labute approximate surface area is 158 Å². The minimum absolute atomic E-state index is 0.0467. The maximum absolute atomic E-state index is 10.9. The number of nitrogens with zero attached hydrogens (tertiary/aromatic N) is 2. The molecule has 2 heterocycles. The van der Waals surface area contributed by atoms with Crippen molar-refractivity contribution in [2.45, 2.75) is 5.75 Å². The fraction of sp³-hybridized carbons (Fsp3) is 0.0476. The Hall–Kier alpha value is -3.25. The lowest BCUT2D eigenvalue weighted by Crippen LogP contribution is -1.88. The molecule has 0 unspecified atom stereocenters. The summed E-state index contributed by atoms with van der Waals surface area (Å²) >= 11 is 0. The average molecular weight is 375 g/mol. The first-order valence-corrected chi connectivity index (χ1v) is 9.84. The van der Waals surface area contributed by atoms with E-state index in [0.29, 0.717) is 0 Å². The summed E-state index contributed by atoms with van der Waals surface area (Å²) in [6.07, 6.45) is 3.48. The molecule has 0 amide bonds. The molecule has 4 rings (SSSR count). The zero-order valence-electron chi connectivity index (χ0n) is 14.4. The third kappa shape index (κ3) is 3.80. The lowest BCUT2D eigenvalue weighted by molar-refractivity contribution is 0.614. The SMILES string of the molecule is O=[SH](=O)Cc1ccc(-c2[nH]c(-c3ccccc3)nc2-c2ccncc2)cc1. The number of hydrogen-bond donors (Lipinski definition) is 2. The minimum Gasteiger partial charge on any atom is -0.337 e. The molecule has 0 aliphatic heterocycles. The van der Waals surface area contributed by atoms with Crippen molar-refractivity contribution in [1.29, 1.82) is 0 Å². The van der Waals surface area contributed by atoms with Crippen LogP contribution in [0.2, 0.25) is 0 Å². The molecule has 5 nitrogen and oxygen atoms in total. The monoisotopic (exact) mass is 375 g/mol. The smallest absolute Gasteiger partial charge is 0.144 e. The van der Waals surface area contributed by atoms with Crippen LogP contribution >= 0.6 is 0 Å². The quantitative estimate of drug-likeness (QED) is 0.519. The highest BCUT2D eigenvalue weighted by atomic mass is 32.2. The number of nitrogens with one attached hydrogen (secondary N) is 1. The topological polar surface area (TPSA) is 75.7 Å². The maximum atomic E-state index is 10.9. The molecular formula is C21H17N3O2S. The van der Waals surface area contributed by atoms with Gasteiger partial charge < -0.3 is 4.98 Å². The van der Waals surface area contributed by atoms with Gasteiger partial charge in [-0.3, -0.25) is 4.98 Å². The van der Waals surface area contributed by atoms with Gasteiger partial charge in [-0.2, -0.15) is 0 Å². The van der Waals surface area contributed by atoms with Crippen LogP contribution in [0.4, 0.5) is 0 Å². The molecule has 0 saturated heterocycles. The number of hydrogen-bond acceptors (Lipinski definition) is 4. The van der Waals surface area contributed by atoms with Crippen LogP contribution in [0, 0.1) is 0 Å². The molecule has 0 spiro atoms. The Morgan fingerprint density at radius 1 is 0.778 bits per heavy atom. The number of H-pyrrole nitrogens is 1. The first-order chi connectivity index (χ1) is 13.2. The van der Waals surface area contributed by atoms with Crippen molar-refractivity contribution in [2.75, 3.05) is 0 Å². The van der Waals surface area contributed by atoms with Gasteiger partial charge in [0.05, 0.1) is 17.1 Å². The van der Waals surface area contributed by atoms with Gasteiger partial charge in [-0.1, -0.05) is 54.6 Å². The van der Waals surface area contributed by atoms with Gasteiger partial charge in [-0.25, -0.2) is 13.4 Å². The van der Waals surface area contributed by atoms with Gasteiger partial charge in [0.15, 0.2) is 0 Å². The van der Waals surface area contributed by atoms with Crippen molar-refractivity contribution in [1.82, 2.24) is 15.0 Å². The summed E-state index contributed by atoms with van der Waals surface area (Å²) < 4.78 is 21.9. The molecule has 0 aliphatic rings. The van der Waals surface area contributed by atoms with Crippen molar-refractivity contribution >= 4 is 10.7 Å². The van der Waals surface area contributed by atoms with Gasteiger partial charge in [0.25, 0.3) is 0 Å². The van der Waals surface area contributed by atoms with E-state index in [1.807, 2.05) is 66.7 Å². The van der Waals surface area contributed by atoms with E-state index >= 15 is 0 Å². The van der Waals surface area contributed by atoms with E-state index in [-0.39, 0.29) is 5.75 Å². The highest BCUT2D eigenvalue weighted by Crippen LogP contribution is 2.32. The van der Waals surface area contributed by atoms with Crippen molar-refractivity contribution in [3.05, 3.63) is 84.7 Å². The van der Waals surface area contributed by atoms with Crippen molar-refractivity contribution in [3.8, 4) is 33.9 Å². The summed E-state index contributed by atoms with van der Waals surface area (Å²) in [5.74, 6) is 0.828. The predicted octanol–water partition coefficient (Wildman–Crippen LogP) is 3.92. The van der Waals surface area contributed by atoms with E-state index in [2.05, 4.69) is 9.97 Å². The summed E-state index contributed by atoms with van der Waals surface area (Å²) in [7, 11) is -2.44. The predicted molar refractivity (Wildman–Crippen MR) is 107 cm³/mol. The van der Waals surface area contributed by atoms with E-state index in [9.17, 15) is 8.42 Å². The molecule has 0 fully saturated rings. The molecule has 27 heavy (non-hydrogen) atoms. The van der Waals surface area contributed by atoms with E-state index < -0.39 is 10.7 Å². The number of pyridine rings is 1. The molecule has 0 atom stereocenters. The normalized spacial score (nSPS) is 11.0. The van der Waals surface area contributed by atoms with Crippen LogP contribution in [0.1, 0.15) is 5.56 Å². The third-order valence-corrected chi connectivity index (χ3v) is 4.88. The largest absolute Gasteiger partial charge is 0.337 e. The number of rotatable bonds is 5. The minimum atomic E-state index is -2.44. The number of aromatic amines is 1. The van der Waals surface area contributed by atoms with Gasteiger partial charge in [0.2, 0.25) is 0 Å². The van der Waals surface area contributed by atoms with Crippen molar-refractivity contribution in [2.24, 2.45) is 0 Å². The second kappa shape index (κ2) is 7.55. The Morgan fingerprint density at radius 2 is 1.48 bits per heavy atom. The number of thiol groups is 1. The highest BCUT2D eigenvalue weighted by Gasteiger charge is 2.15. The summed E-state index contributed by atoms with van der Waals surface area (Å²) in [4.78, 5) is 12.3. The van der Waals surface area contributed by atoms with E-state index in [4.69, 9.17) is 4.98 Å².